The zero-order chi connectivity index (χ0) is 14.7. The lowest BCUT2D eigenvalue weighted by Crippen LogP contribution is -2.42. The van der Waals surface area contributed by atoms with Crippen LogP contribution in [0.15, 0.2) is 30.6 Å². The minimum atomic E-state index is 0.0663. The molecule has 0 aliphatic carbocycles. The average molecular weight is 284 g/mol. The summed E-state index contributed by atoms with van der Waals surface area (Å²) >= 11 is 0. The highest BCUT2D eigenvalue weighted by Crippen LogP contribution is 2.19. The van der Waals surface area contributed by atoms with E-state index < -0.39 is 0 Å². The van der Waals surface area contributed by atoms with Gasteiger partial charge >= 0.3 is 0 Å². The molecule has 1 unspecified atom stereocenters. The van der Waals surface area contributed by atoms with E-state index >= 15 is 0 Å². The quantitative estimate of drug-likeness (QED) is 0.931. The van der Waals surface area contributed by atoms with Crippen LogP contribution in [0.25, 0.3) is 11.0 Å². The van der Waals surface area contributed by atoms with E-state index in [2.05, 4.69) is 22.2 Å². The van der Waals surface area contributed by atoms with Crippen LogP contribution in [-0.4, -0.2) is 46.5 Å². The summed E-state index contributed by atoms with van der Waals surface area (Å²) in [6, 6.07) is 5.90. The van der Waals surface area contributed by atoms with E-state index in [1.54, 1.807) is 12.4 Å². The second-order valence-electron chi connectivity index (χ2n) is 5.37. The minimum absolute atomic E-state index is 0.0663. The Hall–Kier alpha value is -2.01. The highest BCUT2D eigenvalue weighted by atomic mass is 16.2. The molecular weight excluding hydrogens is 264 g/mol. The van der Waals surface area contributed by atoms with Gasteiger partial charge in [0, 0.05) is 31.5 Å². The summed E-state index contributed by atoms with van der Waals surface area (Å²) in [5.41, 5.74) is 2.11. The standard InChI is InChI=1S/C16H20N4O/c1-2-10-20(12-6-7-17-11-12)16(21)13-4-3-5-14-15(13)19-9-8-18-14/h3-5,8-9,12,17H,2,6-7,10-11H2,1H3. The molecule has 5 nitrogen and oxygen atoms in total. The van der Waals surface area contributed by atoms with Crippen molar-refractivity contribution in [3.05, 3.63) is 36.2 Å². The second kappa shape index (κ2) is 6.18. The van der Waals surface area contributed by atoms with Gasteiger partial charge in [-0.25, -0.2) is 0 Å². The first-order valence-corrected chi connectivity index (χ1v) is 7.52. The molecule has 21 heavy (non-hydrogen) atoms. The van der Waals surface area contributed by atoms with Gasteiger partial charge in [-0.3, -0.25) is 14.8 Å². The van der Waals surface area contributed by atoms with Gasteiger partial charge in [-0.05, 0) is 31.5 Å². The molecule has 5 heteroatoms. The molecule has 2 heterocycles. The molecule has 3 rings (SSSR count). The first-order chi connectivity index (χ1) is 10.3. The predicted molar refractivity (Wildman–Crippen MR) is 82.1 cm³/mol. The third-order valence-electron chi connectivity index (χ3n) is 3.93. The molecule has 0 saturated carbocycles. The Balaban J connectivity index is 1.97. The van der Waals surface area contributed by atoms with Crippen molar-refractivity contribution in [2.75, 3.05) is 19.6 Å². The number of carbonyl (C=O) groups excluding carboxylic acids is 1. The second-order valence-corrected chi connectivity index (χ2v) is 5.37. The molecule has 1 aliphatic heterocycles. The Morgan fingerprint density at radius 3 is 3.00 bits per heavy atom. The summed E-state index contributed by atoms with van der Waals surface area (Å²) in [7, 11) is 0. The fourth-order valence-corrected chi connectivity index (χ4v) is 2.92. The fourth-order valence-electron chi connectivity index (χ4n) is 2.92. The van der Waals surface area contributed by atoms with Crippen molar-refractivity contribution in [3.63, 3.8) is 0 Å². The zero-order valence-corrected chi connectivity index (χ0v) is 12.2. The summed E-state index contributed by atoms with van der Waals surface area (Å²) in [5, 5.41) is 3.33. The van der Waals surface area contributed by atoms with E-state index in [0.29, 0.717) is 11.1 Å². The number of hydrogen-bond acceptors (Lipinski definition) is 4. The van der Waals surface area contributed by atoms with Crippen LogP contribution in [-0.2, 0) is 0 Å². The van der Waals surface area contributed by atoms with Crippen molar-refractivity contribution in [2.24, 2.45) is 0 Å². The number of hydrogen-bond donors (Lipinski definition) is 1. The number of rotatable bonds is 4. The van der Waals surface area contributed by atoms with Crippen molar-refractivity contribution < 1.29 is 4.79 Å². The van der Waals surface area contributed by atoms with Crippen LogP contribution in [0.3, 0.4) is 0 Å². The van der Waals surface area contributed by atoms with Crippen molar-refractivity contribution >= 4 is 16.9 Å². The Morgan fingerprint density at radius 1 is 1.38 bits per heavy atom. The van der Waals surface area contributed by atoms with Crippen LogP contribution in [0.1, 0.15) is 30.1 Å². The average Bonchev–Trinajstić information content (AvgIpc) is 3.05. The lowest BCUT2D eigenvalue weighted by atomic mass is 10.1. The van der Waals surface area contributed by atoms with Crippen molar-refractivity contribution in [2.45, 2.75) is 25.8 Å². The highest BCUT2D eigenvalue weighted by molar-refractivity contribution is 6.04. The van der Waals surface area contributed by atoms with Gasteiger partial charge < -0.3 is 10.2 Å². The third kappa shape index (κ3) is 2.74. The molecule has 1 amide bonds. The number of aromatic nitrogens is 2. The molecule has 0 spiro atoms. The maximum Gasteiger partial charge on any atom is 0.256 e. The summed E-state index contributed by atoms with van der Waals surface area (Å²) in [4.78, 5) is 23.6. The summed E-state index contributed by atoms with van der Waals surface area (Å²) in [6.07, 6.45) is 5.27. The first kappa shape index (κ1) is 13.9. The number of fused-ring (bicyclic) bond motifs is 1. The number of carbonyl (C=O) groups is 1. The van der Waals surface area contributed by atoms with E-state index in [4.69, 9.17) is 0 Å². The molecule has 0 bridgehead atoms. The van der Waals surface area contributed by atoms with Gasteiger partial charge in [0.1, 0.15) is 5.52 Å². The van der Waals surface area contributed by atoms with Crippen LogP contribution >= 0.6 is 0 Å². The summed E-state index contributed by atoms with van der Waals surface area (Å²) in [5.74, 6) is 0.0663. The van der Waals surface area contributed by atoms with Gasteiger partial charge in [-0.1, -0.05) is 13.0 Å². The number of nitrogens with zero attached hydrogens (tertiary/aromatic N) is 3. The van der Waals surface area contributed by atoms with Crippen LogP contribution < -0.4 is 5.32 Å². The van der Waals surface area contributed by atoms with E-state index in [1.807, 2.05) is 23.1 Å². The molecule has 1 saturated heterocycles. The molecule has 1 aromatic heterocycles. The number of para-hydroxylation sites is 1. The van der Waals surface area contributed by atoms with Gasteiger partial charge in [0.05, 0.1) is 11.1 Å². The molecule has 1 aliphatic rings. The normalized spacial score (nSPS) is 18.0. The van der Waals surface area contributed by atoms with Gasteiger partial charge in [0.25, 0.3) is 5.91 Å². The number of benzene rings is 1. The smallest absolute Gasteiger partial charge is 0.256 e. The summed E-state index contributed by atoms with van der Waals surface area (Å²) < 4.78 is 0. The topological polar surface area (TPSA) is 58.1 Å². The molecule has 1 atom stereocenters. The SMILES string of the molecule is CCCN(C(=O)c1cccc2nccnc12)C1CCNC1. The van der Waals surface area contributed by atoms with Crippen molar-refractivity contribution in [1.29, 1.82) is 0 Å². The minimum Gasteiger partial charge on any atom is -0.334 e. The molecule has 2 aromatic rings. The largest absolute Gasteiger partial charge is 0.334 e. The monoisotopic (exact) mass is 284 g/mol. The predicted octanol–water partition coefficient (Wildman–Crippen LogP) is 1.84. The zero-order valence-electron chi connectivity index (χ0n) is 12.2. The maximum atomic E-state index is 13.0. The van der Waals surface area contributed by atoms with Crippen LogP contribution in [0.4, 0.5) is 0 Å². The van der Waals surface area contributed by atoms with E-state index in [0.717, 1.165) is 38.0 Å². The molecule has 1 N–H and O–H groups in total. The highest BCUT2D eigenvalue weighted by Gasteiger charge is 2.27. The molecule has 1 fully saturated rings. The molecule has 0 radical (unpaired) electrons. The van der Waals surface area contributed by atoms with E-state index in [9.17, 15) is 4.79 Å². The van der Waals surface area contributed by atoms with E-state index in [1.165, 1.54) is 0 Å². The van der Waals surface area contributed by atoms with Crippen LogP contribution in [0, 0.1) is 0 Å². The van der Waals surface area contributed by atoms with Crippen molar-refractivity contribution in [3.8, 4) is 0 Å². The van der Waals surface area contributed by atoms with Gasteiger partial charge in [-0.15, -0.1) is 0 Å². The van der Waals surface area contributed by atoms with E-state index in [-0.39, 0.29) is 11.9 Å². The Morgan fingerprint density at radius 2 is 2.24 bits per heavy atom. The number of amides is 1. The summed E-state index contributed by atoms with van der Waals surface area (Å²) in [6.45, 7) is 4.74. The Kier molecular flexibility index (Phi) is 4.10. The van der Waals surface area contributed by atoms with Crippen LogP contribution in [0.5, 0.6) is 0 Å². The Bertz CT molecular complexity index is 632. The lowest BCUT2D eigenvalue weighted by Gasteiger charge is -2.28. The third-order valence-corrected chi connectivity index (χ3v) is 3.93. The molecule has 1 aromatic carbocycles. The van der Waals surface area contributed by atoms with Gasteiger partial charge in [0.2, 0.25) is 0 Å². The van der Waals surface area contributed by atoms with Gasteiger partial charge in [0.15, 0.2) is 0 Å². The lowest BCUT2D eigenvalue weighted by molar-refractivity contribution is 0.0694. The fraction of sp³-hybridized carbons (Fsp3) is 0.438. The number of nitrogens with one attached hydrogen (secondary N) is 1. The maximum absolute atomic E-state index is 13.0. The van der Waals surface area contributed by atoms with Crippen LogP contribution in [0.2, 0.25) is 0 Å². The molecule has 110 valence electrons. The van der Waals surface area contributed by atoms with Crippen molar-refractivity contribution in [1.82, 2.24) is 20.2 Å². The Labute approximate surface area is 124 Å². The first-order valence-electron chi connectivity index (χ1n) is 7.52. The van der Waals surface area contributed by atoms with Gasteiger partial charge in [-0.2, -0.15) is 0 Å². The molecular formula is C16H20N4O.